The molecule has 1 saturated heterocycles. The van der Waals surface area contributed by atoms with Crippen LogP contribution in [0.15, 0.2) is 29.2 Å². The van der Waals surface area contributed by atoms with Gasteiger partial charge in [-0.05, 0) is 37.1 Å². The van der Waals surface area contributed by atoms with Crippen LogP contribution in [-0.2, 0) is 14.8 Å². The minimum Gasteiger partial charge on any atom is -0.429 e. The van der Waals surface area contributed by atoms with Gasteiger partial charge in [0.05, 0.1) is 4.90 Å². The number of hydrogen-bond acceptors (Lipinski definition) is 4. The lowest BCUT2D eigenvalue weighted by Gasteiger charge is -2.25. The maximum atomic E-state index is 12.3. The van der Waals surface area contributed by atoms with E-state index >= 15 is 0 Å². The Morgan fingerprint density at radius 2 is 1.67 bits per heavy atom. The zero-order valence-corrected chi connectivity index (χ0v) is 10.7. The Morgan fingerprint density at radius 1 is 1.06 bits per heavy atom. The first kappa shape index (κ1) is 13.0. The number of sulfonamides is 1. The van der Waals surface area contributed by atoms with Crippen LogP contribution >= 0.6 is 0 Å². The van der Waals surface area contributed by atoms with E-state index < -0.39 is 10.0 Å². The van der Waals surface area contributed by atoms with Gasteiger partial charge in [-0.1, -0.05) is 6.42 Å². The number of carbonyl (C=O) groups is 1. The minimum atomic E-state index is -3.40. The van der Waals surface area contributed by atoms with E-state index in [0.29, 0.717) is 25.3 Å². The highest BCUT2D eigenvalue weighted by atomic mass is 32.2. The molecule has 0 spiro atoms. The Balaban J connectivity index is 2.20. The summed E-state index contributed by atoms with van der Waals surface area (Å²) < 4.78 is 30.7. The van der Waals surface area contributed by atoms with E-state index in [2.05, 4.69) is 4.74 Å². The lowest BCUT2D eigenvalue weighted by atomic mass is 10.2. The van der Waals surface area contributed by atoms with Gasteiger partial charge in [-0.3, -0.25) is 4.79 Å². The van der Waals surface area contributed by atoms with Gasteiger partial charge < -0.3 is 4.74 Å². The summed E-state index contributed by atoms with van der Waals surface area (Å²) in [7, 11) is -3.40. The van der Waals surface area contributed by atoms with Crippen molar-refractivity contribution < 1.29 is 17.9 Å². The number of rotatable bonds is 4. The summed E-state index contributed by atoms with van der Waals surface area (Å²) in [6.07, 6.45) is 2.90. The first-order chi connectivity index (χ1) is 8.64. The summed E-state index contributed by atoms with van der Waals surface area (Å²) >= 11 is 0. The van der Waals surface area contributed by atoms with Crippen LogP contribution in [0.25, 0.3) is 0 Å². The SMILES string of the molecule is O=COc1ccc(S(=O)(=O)N2CCCCC2)cc1. The number of benzene rings is 1. The van der Waals surface area contributed by atoms with Gasteiger partial charge in [-0.25, -0.2) is 8.42 Å². The first-order valence-electron chi connectivity index (χ1n) is 5.85. The maximum absolute atomic E-state index is 12.3. The summed E-state index contributed by atoms with van der Waals surface area (Å²) in [5.74, 6) is 0.336. The summed E-state index contributed by atoms with van der Waals surface area (Å²) in [5.41, 5.74) is 0. The molecule has 1 aliphatic rings. The Kier molecular flexibility index (Phi) is 3.98. The lowest BCUT2D eigenvalue weighted by molar-refractivity contribution is -0.120. The molecule has 0 N–H and O–H groups in total. The molecular formula is C12H15NO4S. The predicted molar refractivity (Wildman–Crippen MR) is 65.7 cm³/mol. The fourth-order valence-corrected chi connectivity index (χ4v) is 3.52. The molecule has 1 fully saturated rings. The molecule has 1 aromatic rings. The van der Waals surface area contributed by atoms with E-state index in [1.807, 2.05) is 0 Å². The van der Waals surface area contributed by atoms with Gasteiger partial charge >= 0.3 is 0 Å². The highest BCUT2D eigenvalue weighted by molar-refractivity contribution is 7.89. The Bertz CT molecular complexity index is 503. The van der Waals surface area contributed by atoms with E-state index in [1.54, 1.807) is 0 Å². The molecule has 1 aliphatic heterocycles. The molecule has 0 saturated carbocycles. The largest absolute Gasteiger partial charge is 0.429 e. The summed E-state index contributed by atoms with van der Waals surface area (Å²) in [4.78, 5) is 10.4. The molecule has 1 heterocycles. The highest BCUT2D eigenvalue weighted by Crippen LogP contribution is 2.22. The number of carbonyl (C=O) groups excluding carboxylic acids is 1. The Labute approximate surface area is 106 Å². The predicted octanol–water partition coefficient (Wildman–Crippen LogP) is 1.40. The van der Waals surface area contributed by atoms with Crippen molar-refractivity contribution in [3.05, 3.63) is 24.3 Å². The second-order valence-corrected chi connectivity index (χ2v) is 6.09. The van der Waals surface area contributed by atoms with Crippen LogP contribution in [-0.4, -0.2) is 32.3 Å². The topological polar surface area (TPSA) is 63.7 Å². The molecule has 5 nitrogen and oxygen atoms in total. The molecule has 18 heavy (non-hydrogen) atoms. The zero-order chi connectivity index (χ0) is 13.0. The summed E-state index contributed by atoms with van der Waals surface area (Å²) in [5, 5.41) is 0. The van der Waals surface area contributed by atoms with Gasteiger partial charge in [0.15, 0.2) is 0 Å². The average molecular weight is 269 g/mol. The van der Waals surface area contributed by atoms with Crippen molar-refractivity contribution in [3.8, 4) is 5.75 Å². The van der Waals surface area contributed by atoms with Crippen LogP contribution in [0.3, 0.4) is 0 Å². The van der Waals surface area contributed by atoms with Gasteiger partial charge in [-0.15, -0.1) is 0 Å². The molecule has 1 aromatic carbocycles. The molecule has 0 aliphatic carbocycles. The van der Waals surface area contributed by atoms with Crippen molar-refractivity contribution >= 4 is 16.5 Å². The molecule has 6 heteroatoms. The van der Waals surface area contributed by atoms with E-state index in [1.165, 1.54) is 28.6 Å². The molecule has 0 aromatic heterocycles. The average Bonchev–Trinajstić information content (AvgIpc) is 2.41. The van der Waals surface area contributed by atoms with Crippen molar-refractivity contribution in [1.82, 2.24) is 4.31 Å². The number of ether oxygens (including phenoxy) is 1. The van der Waals surface area contributed by atoms with Gasteiger partial charge in [0.2, 0.25) is 10.0 Å². The van der Waals surface area contributed by atoms with Crippen molar-refractivity contribution in [1.29, 1.82) is 0 Å². The van der Waals surface area contributed by atoms with Crippen molar-refractivity contribution in [3.63, 3.8) is 0 Å². The highest BCUT2D eigenvalue weighted by Gasteiger charge is 2.25. The molecule has 0 bridgehead atoms. The van der Waals surface area contributed by atoms with E-state index in [4.69, 9.17) is 0 Å². The third kappa shape index (κ3) is 2.70. The van der Waals surface area contributed by atoms with E-state index in [0.717, 1.165) is 19.3 Å². The second kappa shape index (κ2) is 5.49. The molecule has 2 rings (SSSR count). The molecule has 0 unspecified atom stereocenters. The van der Waals surface area contributed by atoms with Crippen molar-refractivity contribution in [2.75, 3.05) is 13.1 Å². The third-order valence-electron chi connectivity index (χ3n) is 2.96. The second-order valence-electron chi connectivity index (χ2n) is 4.15. The normalized spacial score (nSPS) is 17.3. The molecule has 98 valence electrons. The summed E-state index contributed by atoms with van der Waals surface area (Å²) in [6.45, 7) is 1.47. The quantitative estimate of drug-likeness (QED) is 0.775. The monoisotopic (exact) mass is 269 g/mol. The van der Waals surface area contributed by atoms with Crippen LogP contribution in [0.4, 0.5) is 0 Å². The Morgan fingerprint density at radius 3 is 2.22 bits per heavy atom. The fraction of sp³-hybridized carbons (Fsp3) is 0.417. The fourth-order valence-electron chi connectivity index (χ4n) is 2.00. The van der Waals surface area contributed by atoms with Gasteiger partial charge in [0, 0.05) is 13.1 Å². The molecule has 0 amide bonds. The van der Waals surface area contributed by atoms with Crippen LogP contribution in [0.5, 0.6) is 5.75 Å². The van der Waals surface area contributed by atoms with Gasteiger partial charge in [0.25, 0.3) is 6.47 Å². The van der Waals surface area contributed by atoms with E-state index in [-0.39, 0.29) is 4.90 Å². The standard InChI is InChI=1S/C12H15NO4S/c14-10-17-11-4-6-12(7-5-11)18(15,16)13-8-2-1-3-9-13/h4-7,10H,1-3,8-9H2. The molecule has 0 atom stereocenters. The molecular weight excluding hydrogens is 254 g/mol. The first-order valence-corrected chi connectivity index (χ1v) is 7.29. The zero-order valence-electron chi connectivity index (χ0n) is 9.91. The van der Waals surface area contributed by atoms with Crippen LogP contribution in [0.1, 0.15) is 19.3 Å². The number of piperidine rings is 1. The molecule has 0 radical (unpaired) electrons. The van der Waals surface area contributed by atoms with E-state index in [9.17, 15) is 13.2 Å². The minimum absolute atomic E-state index is 0.239. The number of hydrogen-bond donors (Lipinski definition) is 0. The van der Waals surface area contributed by atoms with Crippen LogP contribution < -0.4 is 4.74 Å². The summed E-state index contributed by atoms with van der Waals surface area (Å²) in [6, 6.07) is 5.88. The van der Waals surface area contributed by atoms with Gasteiger partial charge in [-0.2, -0.15) is 4.31 Å². The van der Waals surface area contributed by atoms with Crippen LogP contribution in [0.2, 0.25) is 0 Å². The van der Waals surface area contributed by atoms with Crippen LogP contribution in [0, 0.1) is 0 Å². The van der Waals surface area contributed by atoms with Crippen molar-refractivity contribution in [2.45, 2.75) is 24.2 Å². The third-order valence-corrected chi connectivity index (χ3v) is 4.87. The van der Waals surface area contributed by atoms with Crippen molar-refractivity contribution in [2.24, 2.45) is 0 Å². The maximum Gasteiger partial charge on any atom is 0.298 e. The number of nitrogens with zero attached hydrogens (tertiary/aromatic N) is 1. The Hall–Kier alpha value is -1.40. The smallest absolute Gasteiger partial charge is 0.298 e. The van der Waals surface area contributed by atoms with Gasteiger partial charge in [0.1, 0.15) is 5.75 Å². The lowest BCUT2D eigenvalue weighted by Crippen LogP contribution is -2.35.